The molecular formula is C16H17N3O. The number of carbonyl (C=O) groups excluding carboxylic acids is 1. The molecule has 4 heteroatoms. The van der Waals surface area contributed by atoms with E-state index in [1.165, 1.54) is 11.9 Å². The first-order valence-electron chi connectivity index (χ1n) is 6.95. The second-order valence-corrected chi connectivity index (χ2v) is 5.17. The first-order chi connectivity index (χ1) is 9.74. The molecule has 0 saturated heterocycles. The maximum absolute atomic E-state index is 12.4. The molecule has 1 aromatic heterocycles. The third-order valence-electron chi connectivity index (χ3n) is 3.65. The molecule has 0 atom stereocenters. The van der Waals surface area contributed by atoms with Crippen molar-refractivity contribution in [3.05, 3.63) is 53.1 Å². The average molecular weight is 267 g/mol. The number of hydrogen-bond donors (Lipinski definition) is 1. The standard InChI is InChI=1S/C16H17N3O/c1-11-6-8-12(9-7-11)19-16(20)15-13-4-2-3-5-14(13)17-10-18-15/h6-10H,2-5H2,1H3,(H,19,20). The largest absolute Gasteiger partial charge is 0.321 e. The van der Waals surface area contributed by atoms with Crippen molar-refractivity contribution in [1.29, 1.82) is 0 Å². The Labute approximate surface area is 118 Å². The smallest absolute Gasteiger partial charge is 0.274 e. The molecule has 0 aliphatic heterocycles. The summed E-state index contributed by atoms with van der Waals surface area (Å²) in [6.07, 6.45) is 5.58. The Balaban J connectivity index is 1.85. The van der Waals surface area contributed by atoms with Gasteiger partial charge in [0.15, 0.2) is 0 Å². The highest BCUT2D eigenvalue weighted by Gasteiger charge is 2.20. The number of hydrogen-bond acceptors (Lipinski definition) is 3. The van der Waals surface area contributed by atoms with Gasteiger partial charge in [0.05, 0.1) is 0 Å². The number of amides is 1. The van der Waals surface area contributed by atoms with E-state index in [0.29, 0.717) is 5.69 Å². The molecule has 1 amide bonds. The molecule has 0 bridgehead atoms. The summed E-state index contributed by atoms with van der Waals surface area (Å²) < 4.78 is 0. The summed E-state index contributed by atoms with van der Waals surface area (Å²) in [5.74, 6) is -0.144. The predicted octanol–water partition coefficient (Wildman–Crippen LogP) is 2.92. The van der Waals surface area contributed by atoms with Crippen molar-refractivity contribution in [2.45, 2.75) is 32.6 Å². The lowest BCUT2D eigenvalue weighted by molar-refractivity contribution is 0.102. The zero-order valence-corrected chi connectivity index (χ0v) is 11.5. The Hall–Kier alpha value is -2.23. The van der Waals surface area contributed by atoms with E-state index in [0.717, 1.165) is 42.6 Å². The van der Waals surface area contributed by atoms with Crippen molar-refractivity contribution in [3.8, 4) is 0 Å². The zero-order chi connectivity index (χ0) is 13.9. The second kappa shape index (κ2) is 5.41. The van der Waals surface area contributed by atoms with Gasteiger partial charge < -0.3 is 5.32 Å². The van der Waals surface area contributed by atoms with Gasteiger partial charge in [-0.25, -0.2) is 9.97 Å². The highest BCUT2D eigenvalue weighted by Crippen LogP contribution is 2.22. The molecule has 20 heavy (non-hydrogen) atoms. The number of nitrogens with one attached hydrogen (secondary N) is 1. The average Bonchev–Trinajstić information content (AvgIpc) is 2.49. The molecule has 102 valence electrons. The Kier molecular flexibility index (Phi) is 3.46. The van der Waals surface area contributed by atoms with Crippen molar-refractivity contribution in [2.75, 3.05) is 5.32 Å². The number of carbonyl (C=O) groups is 1. The van der Waals surface area contributed by atoms with Crippen molar-refractivity contribution >= 4 is 11.6 Å². The molecule has 0 radical (unpaired) electrons. The topological polar surface area (TPSA) is 54.9 Å². The van der Waals surface area contributed by atoms with Crippen molar-refractivity contribution in [1.82, 2.24) is 9.97 Å². The molecule has 1 aromatic carbocycles. The third kappa shape index (κ3) is 2.54. The zero-order valence-electron chi connectivity index (χ0n) is 11.5. The van der Waals surface area contributed by atoms with E-state index in [4.69, 9.17) is 0 Å². The van der Waals surface area contributed by atoms with Crippen LogP contribution in [0.25, 0.3) is 0 Å². The number of anilines is 1. The van der Waals surface area contributed by atoms with Gasteiger partial charge in [0, 0.05) is 16.9 Å². The summed E-state index contributed by atoms with van der Waals surface area (Å²) in [4.78, 5) is 20.8. The summed E-state index contributed by atoms with van der Waals surface area (Å²) >= 11 is 0. The fourth-order valence-electron chi connectivity index (χ4n) is 2.54. The normalized spacial score (nSPS) is 13.7. The SMILES string of the molecule is Cc1ccc(NC(=O)c2ncnc3c2CCCC3)cc1. The van der Waals surface area contributed by atoms with Crippen LogP contribution < -0.4 is 5.32 Å². The van der Waals surface area contributed by atoms with E-state index in [9.17, 15) is 4.79 Å². The van der Waals surface area contributed by atoms with Gasteiger partial charge in [-0.3, -0.25) is 4.79 Å². The van der Waals surface area contributed by atoms with Gasteiger partial charge in [-0.05, 0) is 44.7 Å². The Morgan fingerprint density at radius 3 is 2.65 bits per heavy atom. The first-order valence-corrected chi connectivity index (χ1v) is 6.95. The Morgan fingerprint density at radius 1 is 1.10 bits per heavy atom. The maximum atomic E-state index is 12.4. The highest BCUT2D eigenvalue weighted by atomic mass is 16.1. The third-order valence-corrected chi connectivity index (χ3v) is 3.65. The van der Waals surface area contributed by atoms with Crippen LogP contribution in [0.5, 0.6) is 0 Å². The summed E-state index contributed by atoms with van der Waals surface area (Å²) in [5.41, 5.74) is 4.53. The molecule has 1 heterocycles. The van der Waals surface area contributed by atoms with Crippen LogP contribution in [0.3, 0.4) is 0 Å². The van der Waals surface area contributed by atoms with Gasteiger partial charge in [0.25, 0.3) is 5.91 Å². The molecule has 4 nitrogen and oxygen atoms in total. The molecule has 1 aliphatic rings. The van der Waals surface area contributed by atoms with E-state index in [1.807, 2.05) is 31.2 Å². The second-order valence-electron chi connectivity index (χ2n) is 5.17. The van der Waals surface area contributed by atoms with Crippen LogP contribution in [0.15, 0.2) is 30.6 Å². The number of benzene rings is 1. The van der Waals surface area contributed by atoms with Gasteiger partial charge >= 0.3 is 0 Å². The van der Waals surface area contributed by atoms with Gasteiger partial charge in [-0.2, -0.15) is 0 Å². The number of fused-ring (bicyclic) bond motifs is 1. The first kappa shape index (κ1) is 12.8. The van der Waals surface area contributed by atoms with E-state index in [1.54, 1.807) is 0 Å². The van der Waals surface area contributed by atoms with E-state index < -0.39 is 0 Å². The minimum Gasteiger partial charge on any atom is -0.321 e. The molecule has 3 rings (SSSR count). The number of nitrogens with zero attached hydrogens (tertiary/aromatic N) is 2. The fraction of sp³-hybridized carbons (Fsp3) is 0.312. The fourth-order valence-corrected chi connectivity index (χ4v) is 2.54. The van der Waals surface area contributed by atoms with Gasteiger partial charge in [-0.1, -0.05) is 17.7 Å². The number of aryl methyl sites for hydroxylation is 2. The molecule has 0 saturated carbocycles. The minimum atomic E-state index is -0.144. The van der Waals surface area contributed by atoms with Crippen molar-refractivity contribution < 1.29 is 4.79 Å². The quantitative estimate of drug-likeness (QED) is 0.910. The van der Waals surface area contributed by atoms with Gasteiger partial charge in [0.2, 0.25) is 0 Å². The van der Waals surface area contributed by atoms with Crippen molar-refractivity contribution in [3.63, 3.8) is 0 Å². The lowest BCUT2D eigenvalue weighted by Crippen LogP contribution is -2.20. The summed E-state index contributed by atoms with van der Waals surface area (Å²) in [7, 11) is 0. The summed E-state index contributed by atoms with van der Waals surface area (Å²) in [6.45, 7) is 2.02. The summed E-state index contributed by atoms with van der Waals surface area (Å²) in [6, 6.07) is 7.76. The van der Waals surface area contributed by atoms with E-state index in [-0.39, 0.29) is 5.91 Å². The molecule has 2 aromatic rings. The van der Waals surface area contributed by atoms with Crippen LogP contribution in [-0.2, 0) is 12.8 Å². The lowest BCUT2D eigenvalue weighted by Gasteiger charge is -2.16. The molecular weight excluding hydrogens is 250 g/mol. The Morgan fingerprint density at radius 2 is 1.85 bits per heavy atom. The molecule has 1 aliphatic carbocycles. The van der Waals surface area contributed by atoms with Crippen molar-refractivity contribution in [2.24, 2.45) is 0 Å². The number of aromatic nitrogens is 2. The summed E-state index contributed by atoms with van der Waals surface area (Å²) in [5, 5.41) is 2.91. The van der Waals surface area contributed by atoms with Crippen LogP contribution in [0.2, 0.25) is 0 Å². The van der Waals surface area contributed by atoms with Crippen LogP contribution >= 0.6 is 0 Å². The number of rotatable bonds is 2. The maximum Gasteiger partial charge on any atom is 0.274 e. The van der Waals surface area contributed by atoms with Crippen LogP contribution in [-0.4, -0.2) is 15.9 Å². The monoisotopic (exact) mass is 267 g/mol. The minimum absolute atomic E-state index is 0.144. The molecule has 0 spiro atoms. The van der Waals surface area contributed by atoms with E-state index >= 15 is 0 Å². The van der Waals surface area contributed by atoms with Crippen LogP contribution in [0.1, 0.15) is 40.2 Å². The van der Waals surface area contributed by atoms with Crippen LogP contribution in [0, 0.1) is 6.92 Å². The van der Waals surface area contributed by atoms with Crippen LogP contribution in [0.4, 0.5) is 5.69 Å². The predicted molar refractivity (Wildman–Crippen MR) is 77.8 cm³/mol. The van der Waals surface area contributed by atoms with Gasteiger partial charge in [0.1, 0.15) is 12.0 Å². The van der Waals surface area contributed by atoms with E-state index in [2.05, 4.69) is 15.3 Å². The molecule has 0 unspecified atom stereocenters. The van der Waals surface area contributed by atoms with Gasteiger partial charge in [-0.15, -0.1) is 0 Å². The Bertz CT molecular complexity index is 635. The lowest BCUT2D eigenvalue weighted by atomic mass is 9.94. The highest BCUT2D eigenvalue weighted by molar-refractivity contribution is 6.04. The molecule has 1 N–H and O–H groups in total. The molecule has 0 fully saturated rings.